The van der Waals surface area contributed by atoms with Gasteiger partial charge in [-0.05, 0) is 36.1 Å². The van der Waals surface area contributed by atoms with Crippen molar-refractivity contribution in [1.29, 1.82) is 0 Å². The van der Waals surface area contributed by atoms with Crippen molar-refractivity contribution in [1.82, 2.24) is 5.32 Å². The molecule has 0 fully saturated rings. The van der Waals surface area contributed by atoms with Crippen LogP contribution in [0.25, 0.3) is 0 Å². The lowest BCUT2D eigenvalue weighted by Gasteiger charge is -2.21. The molecule has 1 aromatic carbocycles. The van der Waals surface area contributed by atoms with Crippen LogP contribution in [0, 0.1) is 5.92 Å². The first-order valence-electron chi connectivity index (χ1n) is 5.61. The molecule has 0 amide bonds. The van der Waals surface area contributed by atoms with Crippen molar-refractivity contribution in [3.63, 3.8) is 0 Å². The summed E-state index contributed by atoms with van der Waals surface area (Å²) in [4.78, 5) is 0. The molecule has 84 valence electrons. The molecular weight excluding hydrogens is 206 g/mol. The maximum Gasteiger partial charge on any atom is 0.0406 e. The molecule has 0 radical (unpaired) electrons. The van der Waals surface area contributed by atoms with E-state index < -0.39 is 0 Å². The van der Waals surface area contributed by atoms with Crippen LogP contribution in [0.2, 0.25) is 5.02 Å². The first-order chi connectivity index (χ1) is 7.15. The van der Waals surface area contributed by atoms with Gasteiger partial charge >= 0.3 is 0 Å². The molecule has 0 bridgehead atoms. The Morgan fingerprint density at radius 2 is 1.80 bits per heavy atom. The Labute approximate surface area is 97.8 Å². The normalized spacial score (nSPS) is 13.1. The minimum absolute atomic E-state index is 0.571. The smallest absolute Gasteiger partial charge is 0.0406 e. The van der Waals surface area contributed by atoms with Crippen LogP contribution in [0.4, 0.5) is 0 Å². The van der Waals surface area contributed by atoms with E-state index in [1.165, 1.54) is 5.56 Å². The van der Waals surface area contributed by atoms with Crippen LogP contribution in [0.1, 0.15) is 32.3 Å². The van der Waals surface area contributed by atoms with E-state index in [-0.39, 0.29) is 0 Å². The predicted octanol–water partition coefficient (Wildman–Crippen LogP) is 3.69. The zero-order valence-corrected chi connectivity index (χ0v) is 10.5. The molecule has 0 spiro atoms. The van der Waals surface area contributed by atoms with Gasteiger partial charge in [-0.1, -0.05) is 44.5 Å². The summed E-state index contributed by atoms with van der Waals surface area (Å²) in [5.74, 6) is 1.22. The molecule has 1 nitrogen and oxygen atoms in total. The van der Waals surface area contributed by atoms with Gasteiger partial charge in [0.25, 0.3) is 0 Å². The number of halogens is 1. The van der Waals surface area contributed by atoms with Gasteiger partial charge in [0.1, 0.15) is 0 Å². The summed E-state index contributed by atoms with van der Waals surface area (Å²) in [6.45, 7) is 8.72. The third-order valence-corrected chi connectivity index (χ3v) is 2.97. The van der Waals surface area contributed by atoms with Crippen molar-refractivity contribution in [2.24, 2.45) is 5.92 Å². The van der Waals surface area contributed by atoms with E-state index in [2.05, 4.69) is 38.2 Å². The van der Waals surface area contributed by atoms with Crippen LogP contribution in [0.3, 0.4) is 0 Å². The second-order valence-electron chi connectivity index (χ2n) is 4.21. The second-order valence-corrected chi connectivity index (χ2v) is 4.65. The molecule has 0 aliphatic carbocycles. The number of hydrogen-bond acceptors (Lipinski definition) is 1. The molecule has 2 heteroatoms. The minimum atomic E-state index is 0.571. The fourth-order valence-electron chi connectivity index (χ4n) is 1.75. The summed E-state index contributed by atoms with van der Waals surface area (Å²) in [6.07, 6.45) is 0. The molecule has 1 N–H and O–H groups in total. The van der Waals surface area contributed by atoms with Gasteiger partial charge in [-0.25, -0.2) is 0 Å². The molecular formula is C13H20ClN. The summed E-state index contributed by atoms with van der Waals surface area (Å²) in [5, 5.41) is 4.22. The van der Waals surface area contributed by atoms with Gasteiger partial charge in [0, 0.05) is 11.6 Å². The van der Waals surface area contributed by atoms with Crippen molar-refractivity contribution in [3.05, 3.63) is 34.9 Å². The van der Waals surface area contributed by atoms with E-state index in [9.17, 15) is 0 Å². The summed E-state index contributed by atoms with van der Waals surface area (Å²) >= 11 is 5.88. The first kappa shape index (κ1) is 12.5. The molecule has 0 aliphatic rings. The van der Waals surface area contributed by atoms with Crippen LogP contribution in [0.5, 0.6) is 0 Å². The molecule has 1 aromatic rings. The van der Waals surface area contributed by atoms with Gasteiger partial charge in [-0.15, -0.1) is 0 Å². The van der Waals surface area contributed by atoms with Crippen molar-refractivity contribution in [2.45, 2.75) is 26.7 Å². The van der Waals surface area contributed by atoms with Gasteiger partial charge in [0.05, 0.1) is 0 Å². The lowest BCUT2D eigenvalue weighted by molar-refractivity contribution is 0.467. The standard InChI is InChI=1S/C13H20ClN/c1-4-15-9-13(10(2)3)11-5-7-12(14)8-6-11/h5-8,10,13,15H,4,9H2,1-3H3. The number of rotatable bonds is 5. The van der Waals surface area contributed by atoms with E-state index in [1.807, 2.05) is 12.1 Å². The summed E-state index contributed by atoms with van der Waals surface area (Å²) in [6, 6.07) is 8.20. The van der Waals surface area contributed by atoms with Crippen LogP contribution in [-0.2, 0) is 0 Å². The van der Waals surface area contributed by atoms with Crippen LogP contribution >= 0.6 is 11.6 Å². The Balaban J connectivity index is 2.74. The summed E-state index contributed by atoms with van der Waals surface area (Å²) in [5.41, 5.74) is 1.37. The molecule has 1 rings (SSSR count). The minimum Gasteiger partial charge on any atom is -0.316 e. The Bertz CT molecular complexity index is 279. The van der Waals surface area contributed by atoms with Crippen LogP contribution < -0.4 is 5.32 Å². The molecule has 1 atom stereocenters. The lowest BCUT2D eigenvalue weighted by atomic mass is 9.88. The Morgan fingerprint density at radius 3 is 2.27 bits per heavy atom. The number of benzene rings is 1. The first-order valence-corrected chi connectivity index (χ1v) is 5.99. The second kappa shape index (κ2) is 6.14. The SMILES string of the molecule is CCNCC(c1ccc(Cl)cc1)C(C)C. The summed E-state index contributed by atoms with van der Waals surface area (Å²) in [7, 11) is 0. The van der Waals surface area contributed by atoms with Gasteiger partial charge in [0.2, 0.25) is 0 Å². The molecule has 15 heavy (non-hydrogen) atoms. The number of likely N-dealkylation sites (N-methyl/N-ethyl adjacent to an activating group) is 1. The lowest BCUT2D eigenvalue weighted by Crippen LogP contribution is -2.24. The average Bonchev–Trinajstić information content (AvgIpc) is 2.21. The molecule has 0 heterocycles. The molecule has 1 unspecified atom stereocenters. The highest BCUT2D eigenvalue weighted by Crippen LogP contribution is 2.24. The monoisotopic (exact) mass is 225 g/mol. The largest absolute Gasteiger partial charge is 0.316 e. The fraction of sp³-hybridized carbons (Fsp3) is 0.538. The van der Waals surface area contributed by atoms with Crippen LogP contribution in [-0.4, -0.2) is 13.1 Å². The van der Waals surface area contributed by atoms with Crippen molar-refractivity contribution in [2.75, 3.05) is 13.1 Å². The number of nitrogens with one attached hydrogen (secondary N) is 1. The zero-order valence-electron chi connectivity index (χ0n) is 9.76. The molecule has 0 saturated heterocycles. The predicted molar refractivity (Wildman–Crippen MR) is 67.6 cm³/mol. The zero-order chi connectivity index (χ0) is 11.3. The van der Waals surface area contributed by atoms with E-state index in [1.54, 1.807) is 0 Å². The highest BCUT2D eigenvalue weighted by atomic mass is 35.5. The van der Waals surface area contributed by atoms with Gasteiger partial charge < -0.3 is 5.32 Å². The summed E-state index contributed by atoms with van der Waals surface area (Å²) < 4.78 is 0. The van der Waals surface area contributed by atoms with E-state index >= 15 is 0 Å². The third-order valence-electron chi connectivity index (χ3n) is 2.72. The fourth-order valence-corrected chi connectivity index (χ4v) is 1.87. The number of hydrogen-bond donors (Lipinski definition) is 1. The van der Waals surface area contributed by atoms with E-state index in [4.69, 9.17) is 11.6 Å². The average molecular weight is 226 g/mol. The van der Waals surface area contributed by atoms with Crippen molar-refractivity contribution < 1.29 is 0 Å². The highest BCUT2D eigenvalue weighted by molar-refractivity contribution is 6.30. The maximum atomic E-state index is 5.88. The Morgan fingerprint density at radius 1 is 1.20 bits per heavy atom. The Kier molecular flexibility index (Phi) is 5.13. The third kappa shape index (κ3) is 3.84. The molecule has 0 aromatic heterocycles. The van der Waals surface area contributed by atoms with Gasteiger partial charge in [-0.2, -0.15) is 0 Å². The molecule has 0 aliphatic heterocycles. The van der Waals surface area contributed by atoms with E-state index in [0.29, 0.717) is 11.8 Å². The quantitative estimate of drug-likeness (QED) is 0.806. The Hall–Kier alpha value is -0.530. The van der Waals surface area contributed by atoms with Gasteiger partial charge in [-0.3, -0.25) is 0 Å². The highest BCUT2D eigenvalue weighted by Gasteiger charge is 2.14. The molecule has 0 saturated carbocycles. The van der Waals surface area contributed by atoms with Crippen LogP contribution in [0.15, 0.2) is 24.3 Å². The van der Waals surface area contributed by atoms with E-state index in [0.717, 1.165) is 18.1 Å². The topological polar surface area (TPSA) is 12.0 Å². The van der Waals surface area contributed by atoms with Crippen molar-refractivity contribution >= 4 is 11.6 Å². The maximum absolute atomic E-state index is 5.88. The van der Waals surface area contributed by atoms with Crippen molar-refractivity contribution in [3.8, 4) is 0 Å². The van der Waals surface area contributed by atoms with Gasteiger partial charge in [0.15, 0.2) is 0 Å².